The van der Waals surface area contributed by atoms with Crippen LogP contribution in [-0.2, 0) is 12.8 Å². The molecule has 1 aromatic heterocycles. The van der Waals surface area contributed by atoms with Crippen LogP contribution in [0.2, 0.25) is 0 Å². The fraction of sp³-hybridized carbons (Fsp3) is 0.800. The fourth-order valence-electron chi connectivity index (χ4n) is 3.50. The molecule has 1 aliphatic carbocycles. The van der Waals surface area contributed by atoms with Crippen LogP contribution in [0.25, 0.3) is 0 Å². The Balaban J connectivity index is 1.42. The number of nitrogens with one attached hydrogen (secondary N) is 1. The number of rotatable bonds is 4. The normalized spacial score (nSPS) is 24.9. The second-order valence-corrected chi connectivity index (χ2v) is 6.15. The number of hydrogen-bond donors (Lipinski definition) is 1. The zero-order valence-electron chi connectivity index (χ0n) is 12.7. The molecule has 2 fully saturated rings. The summed E-state index contributed by atoms with van der Waals surface area (Å²) >= 11 is 0. The number of urea groups is 1. The van der Waals surface area contributed by atoms with Crippen molar-refractivity contribution < 1.29 is 9.32 Å². The molecule has 21 heavy (non-hydrogen) atoms. The van der Waals surface area contributed by atoms with Crippen molar-refractivity contribution in [2.75, 3.05) is 19.6 Å². The van der Waals surface area contributed by atoms with Crippen LogP contribution in [0.1, 0.15) is 44.3 Å². The van der Waals surface area contributed by atoms with Gasteiger partial charge < -0.3 is 14.7 Å². The van der Waals surface area contributed by atoms with Crippen LogP contribution < -0.4 is 5.32 Å². The molecule has 0 spiro atoms. The molecule has 1 N–H and O–H groups in total. The van der Waals surface area contributed by atoms with E-state index >= 15 is 0 Å². The highest BCUT2D eigenvalue weighted by molar-refractivity contribution is 5.74. The van der Waals surface area contributed by atoms with Gasteiger partial charge in [0.2, 0.25) is 5.89 Å². The quantitative estimate of drug-likeness (QED) is 0.921. The first-order valence-corrected chi connectivity index (χ1v) is 8.10. The standard InChI is InChI=1S/C15H24N4O2/c1-2-14-17-13(18-21-14)7-8-16-15(20)19-9-11-5-3-4-6-12(11)10-19/h11-12H,2-10H2,1H3,(H,16,20)/t11-,12+. The Morgan fingerprint density at radius 1 is 1.33 bits per heavy atom. The minimum Gasteiger partial charge on any atom is -0.339 e. The summed E-state index contributed by atoms with van der Waals surface area (Å²) in [5, 5.41) is 6.86. The summed E-state index contributed by atoms with van der Waals surface area (Å²) in [4.78, 5) is 18.4. The van der Waals surface area contributed by atoms with Gasteiger partial charge >= 0.3 is 6.03 Å². The third kappa shape index (κ3) is 3.36. The van der Waals surface area contributed by atoms with Crippen LogP contribution in [0.4, 0.5) is 4.79 Å². The van der Waals surface area contributed by atoms with Crippen LogP contribution in [0, 0.1) is 11.8 Å². The lowest BCUT2D eigenvalue weighted by Crippen LogP contribution is -2.39. The number of nitrogens with zero attached hydrogens (tertiary/aromatic N) is 3. The van der Waals surface area contributed by atoms with Gasteiger partial charge in [0.25, 0.3) is 0 Å². The molecular weight excluding hydrogens is 268 g/mol. The van der Waals surface area contributed by atoms with E-state index in [2.05, 4.69) is 15.5 Å². The lowest BCUT2D eigenvalue weighted by Gasteiger charge is -2.22. The monoisotopic (exact) mass is 292 g/mol. The summed E-state index contributed by atoms with van der Waals surface area (Å²) in [7, 11) is 0. The van der Waals surface area contributed by atoms with E-state index in [1.807, 2.05) is 11.8 Å². The largest absolute Gasteiger partial charge is 0.339 e. The Kier molecular flexibility index (Phi) is 4.41. The predicted octanol–water partition coefficient (Wildman–Crippen LogP) is 2.01. The summed E-state index contributed by atoms with van der Waals surface area (Å²) in [5.74, 6) is 2.78. The summed E-state index contributed by atoms with van der Waals surface area (Å²) in [6, 6.07) is 0.0589. The number of aromatic nitrogens is 2. The molecule has 2 amide bonds. The molecule has 0 unspecified atom stereocenters. The van der Waals surface area contributed by atoms with E-state index in [9.17, 15) is 4.79 Å². The van der Waals surface area contributed by atoms with Crippen molar-refractivity contribution in [2.24, 2.45) is 11.8 Å². The van der Waals surface area contributed by atoms with Gasteiger partial charge in [0.05, 0.1) is 0 Å². The van der Waals surface area contributed by atoms with Crippen molar-refractivity contribution in [1.29, 1.82) is 0 Å². The van der Waals surface area contributed by atoms with Crippen LogP contribution >= 0.6 is 0 Å². The topological polar surface area (TPSA) is 71.3 Å². The summed E-state index contributed by atoms with van der Waals surface area (Å²) in [5.41, 5.74) is 0. The number of amides is 2. The van der Waals surface area contributed by atoms with Gasteiger partial charge in [-0.1, -0.05) is 24.9 Å². The molecule has 0 radical (unpaired) electrons. The molecule has 0 bridgehead atoms. The lowest BCUT2D eigenvalue weighted by atomic mass is 9.82. The van der Waals surface area contributed by atoms with Crippen molar-refractivity contribution in [3.8, 4) is 0 Å². The van der Waals surface area contributed by atoms with Crippen LogP contribution in [0.5, 0.6) is 0 Å². The molecule has 2 aliphatic rings. The average Bonchev–Trinajstić information content (AvgIpc) is 3.13. The van der Waals surface area contributed by atoms with Crippen molar-refractivity contribution in [3.05, 3.63) is 11.7 Å². The Labute approximate surface area is 125 Å². The van der Waals surface area contributed by atoms with Crippen molar-refractivity contribution in [3.63, 3.8) is 0 Å². The van der Waals surface area contributed by atoms with Gasteiger partial charge in [-0.2, -0.15) is 4.98 Å². The molecule has 1 saturated heterocycles. The molecule has 1 aromatic rings. The molecule has 2 heterocycles. The Morgan fingerprint density at radius 3 is 2.67 bits per heavy atom. The Hall–Kier alpha value is -1.59. The molecule has 1 saturated carbocycles. The van der Waals surface area contributed by atoms with E-state index in [0.717, 1.165) is 31.3 Å². The minimum atomic E-state index is 0.0589. The highest BCUT2D eigenvalue weighted by atomic mass is 16.5. The van der Waals surface area contributed by atoms with Gasteiger partial charge in [0.1, 0.15) is 0 Å². The first kappa shape index (κ1) is 14.4. The second kappa shape index (κ2) is 6.45. The molecule has 116 valence electrons. The van der Waals surface area contributed by atoms with Gasteiger partial charge in [-0.05, 0) is 24.7 Å². The van der Waals surface area contributed by atoms with Crippen LogP contribution in [-0.4, -0.2) is 40.7 Å². The number of aryl methyl sites for hydroxylation is 1. The van der Waals surface area contributed by atoms with Crippen molar-refractivity contribution >= 4 is 6.03 Å². The lowest BCUT2D eigenvalue weighted by molar-refractivity contribution is 0.206. The summed E-state index contributed by atoms with van der Waals surface area (Å²) < 4.78 is 5.05. The molecule has 6 heteroatoms. The second-order valence-electron chi connectivity index (χ2n) is 6.15. The van der Waals surface area contributed by atoms with E-state index in [4.69, 9.17) is 4.52 Å². The minimum absolute atomic E-state index is 0.0589. The van der Waals surface area contributed by atoms with E-state index in [1.54, 1.807) is 0 Å². The van der Waals surface area contributed by atoms with Gasteiger partial charge in [0, 0.05) is 32.5 Å². The molecule has 3 rings (SSSR count). The number of fused-ring (bicyclic) bond motifs is 1. The Morgan fingerprint density at radius 2 is 2.05 bits per heavy atom. The van der Waals surface area contributed by atoms with E-state index < -0.39 is 0 Å². The highest BCUT2D eigenvalue weighted by Crippen LogP contribution is 2.35. The number of carbonyl (C=O) groups is 1. The maximum Gasteiger partial charge on any atom is 0.317 e. The van der Waals surface area contributed by atoms with Crippen molar-refractivity contribution in [1.82, 2.24) is 20.4 Å². The summed E-state index contributed by atoms with van der Waals surface area (Å²) in [6.45, 7) is 4.40. The molecule has 0 aromatic carbocycles. The van der Waals surface area contributed by atoms with Crippen LogP contribution in [0.15, 0.2) is 4.52 Å². The predicted molar refractivity (Wildman–Crippen MR) is 77.8 cm³/mol. The summed E-state index contributed by atoms with van der Waals surface area (Å²) in [6.07, 6.45) is 6.60. The van der Waals surface area contributed by atoms with Gasteiger partial charge in [-0.3, -0.25) is 0 Å². The molecule has 2 atom stereocenters. The number of hydrogen-bond acceptors (Lipinski definition) is 4. The highest BCUT2D eigenvalue weighted by Gasteiger charge is 2.36. The van der Waals surface area contributed by atoms with Gasteiger partial charge in [-0.25, -0.2) is 4.79 Å². The third-order valence-corrected chi connectivity index (χ3v) is 4.70. The maximum atomic E-state index is 12.2. The van der Waals surface area contributed by atoms with Gasteiger partial charge in [-0.15, -0.1) is 0 Å². The van der Waals surface area contributed by atoms with Gasteiger partial charge in [0.15, 0.2) is 5.82 Å². The van der Waals surface area contributed by atoms with E-state index in [-0.39, 0.29) is 6.03 Å². The molecule has 1 aliphatic heterocycles. The smallest absolute Gasteiger partial charge is 0.317 e. The molecule has 6 nitrogen and oxygen atoms in total. The Bertz CT molecular complexity index is 474. The maximum absolute atomic E-state index is 12.2. The average molecular weight is 292 g/mol. The SMILES string of the molecule is CCc1nc(CCNC(=O)N2C[C@H]3CCCC[C@H]3C2)no1. The van der Waals surface area contributed by atoms with E-state index in [1.165, 1.54) is 25.7 Å². The first-order valence-electron chi connectivity index (χ1n) is 8.10. The zero-order valence-corrected chi connectivity index (χ0v) is 12.7. The fourth-order valence-corrected chi connectivity index (χ4v) is 3.50. The van der Waals surface area contributed by atoms with Crippen LogP contribution in [0.3, 0.4) is 0 Å². The molecular formula is C15H24N4O2. The number of carbonyl (C=O) groups excluding carboxylic acids is 1. The third-order valence-electron chi connectivity index (χ3n) is 4.70. The van der Waals surface area contributed by atoms with E-state index in [0.29, 0.717) is 24.7 Å². The number of likely N-dealkylation sites (tertiary alicyclic amines) is 1. The zero-order chi connectivity index (χ0) is 14.7. The van der Waals surface area contributed by atoms with Crippen molar-refractivity contribution in [2.45, 2.75) is 45.4 Å². The first-order chi connectivity index (χ1) is 10.3.